The van der Waals surface area contributed by atoms with Gasteiger partial charge in [-0.05, 0) is 44.1 Å². The Balaban J connectivity index is 1.73. The second-order valence-corrected chi connectivity index (χ2v) is 5.48. The minimum atomic E-state index is -0.192. The molecule has 19 heavy (non-hydrogen) atoms. The molecule has 3 rings (SSSR count). The lowest BCUT2D eigenvalue weighted by molar-refractivity contribution is -0.0642. The minimum absolute atomic E-state index is 0.127. The monoisotopic (exact) mass is 264 g/mol. The number of fused-ring (bicyclic) bond motifs is 1. The average molecular weight is 264 g/mol. The molecule has 104 valence electrons. The van der Waals surface area contributed by atoms with Crippen molar-refractivity contribution in [3.8, 4) is 0 Å². The summed E-state index contributed by atoms with van der Waals surface area (Å²) in [6.45, 7) is 2.97. The first-order valence-corrected chi connectivity index (χ1v) is 7.06. The van der Waals surface area contributed by atoms with Gasteiger partial charge in [0.05, 0.1) is 18.8 Å². The van der Waals surface area contributed by atoms with E-state index in [-0.39, 0.29) is 18.0 Å². The predicted octanol–water partition coefficient (Wildman–Crippen LogP) is 1.95. The number of likely N-dealkylation sites (N-methyl/N-ethyl adjacent to an activating group) is 1. The lowest BCUT2D eigenvalue weighted by atomic mass is 9.99. The lowest BCUT2D eigenvalue weighted by Gasteiger charge is -2.39. The van der Waals surface area contributed by atoms with Crippen LogP contribution >= 0.6 is 0 Å². The van der Waals surface area contributed by atoms with Gasteiger partial charge in [0.25, 0.3) is 0 Å². The Morgan fingerprint density at radius 3 is 2.89 bits per heavy atom. The van der Waals surface area contributed by atoms with E-state index in [1.807, 2.05) is 19.2 Å². The first kappa shape index (κ1) is 13.0. The summed E-state index contributed by atoms with van der Waals surface area (Å²) >= 11 is 0. The van der Waals surface area contributed by atoms with Crippen molar-refractivity contribution in [2.45, 2.75) is 31.0 Å². The van der Waals surface area contributed by atoms with Gasteiger partial charge in [-0.2, -0.15) is 0 Å². The van der Waals surface area contributed by atoms with E-state index >= 15 is 0 Å². The number of nitrogens with zero attached hydrogens (tertiary/aromatic N) is 1. The van der Waals surface area contributed by atoms with Gasteiger partial charge < -0.3 is 10.1 Å². The van der Waals surface area contributed by atoms with Crippen molar-refractivity contribution in [3.05, 3.63) is 35.6 Å². The SMILES string of the molecule is CNC(c1ccc(F)cc1)C1CN2CCCC2CO1. The number of ether oxygens (including phenoxy) is 1. The van der Waals surface area contributed by atoms with E-state index in [1.54, 1.807) is 0 Å². The summed E-state index contributed by atoms with van der Waals surface area (Å²) in [5, 5.41) is 3.31. The molecule has 2 fully saturated rings. The molecule has 1 N–H and O–H groups in total. The zero-order valence-corrected chi connectivity index (χ0v) is 11.3. The highest BCUT2D eigenvalue weighted by Crippen LogP contribution is 2.28. The van der Waals surface area contributed by atoms with Crippen molar-refractivity contribution in [2.75, 3.05) is 26.7 Å². The number of morpholine rings is 1. The Bertz CT molecular complexity index is 423. The molecule has 3 atom stereocenters. The topological polar surface area (TPSA) is 24.5 Å². The van der Waals surface area contributed by atoms with Crippen LogP contribution in [0.3, 0.4) is 0 Å². The van der Waals surface area contributed by atoms with Crippen LogP contribution in [0.2, 0.25) is 0 Å². The maximum atomic E-state index is 13.0. The Kier molecular flexibility index (Phi) is 3.82. The van der Waals surface area contributed by atoms with Crippen molar-refractivity contribution in [1.82, 2.24) is 10.2 Å². The Morgan fingerprint density at radius 2 is 2.16 bits per heavy atom. The van der Waals surface area contributed by atoms with Gasteiger partial charge in [0.1, 0.15) is 5.82 Å². The van der Waals surface area contributed by atoms with Crippen molar-refractivity contribution >= 4 is 0 Å². The molecule has 0 spiro atoms. The second-order valence-electron chi connectivity index (χ2n) is 5.48. The number of rotatable bonds is 3. The summed E-state index contributed by atoms with van der Waals surface area (Å²) in [4.78, 5) is 2.53. The van der Waals surface area contributed by atoms with Gasteiger partial charge in [-0.15, -0.1) is 0 Å². The third kappa shape index (κ3) is 2.66. The van der Waals surface area contributed by atoms with E-state index in [0.717, 1.165) is 18.7 Å². The quantitative estimate of drug-likeness (QED) is 0.903. The molecule has 2 saturated heterocycles. The fourth-order valence-corrected chi connectivity index (χ4v) is 3.28. The molecule has 1 aromatic rings. The van der Waals surface area contributed by atoms with E-state index in [2.05, 4.69) is 10.2 Å². The molecule has 0 aliphatic carbocycles. The molecule has 3 nitrogen and oxygen atoms in total. The van der Waals surface area contributed by atoms with Crippen molar-refractivity contribution in [2.24, 2.45) is 0 Å². The van der Waals surface area contributed by atoms with Gasteiger partial charge >= 0.3 is 0 Å². The molecule has 2 heterocycles. The maximum absolute atomic E-state index is 13.0. The summed E-state index contributed by atoms with van der Waals surface area (Å²) in [6.07, 6.45) is 2.68. The molecule has 1 aromatic carbocycles. The van der Waals surface area contributed by atoms with Crippen LogP contribution in [0.1, 0.15) is 24.4 Å². The van der Waals surface area contributed by atoms with E-state index < -0.39 is 0 Å². The van der Waals surface area contributed by atoms with Crippen LogP contribution in [0.25, 0.3) is 0 Å². The zero-order valence-electron chi connectivity index (χ0n) is 11.3. The van der Waals surface area contributed by atoms with Crippen LogP contribution in [0, 0.1) is 5.82 Å². The highest BCUT2D eigenvalue weighted by Gasteiger charge is 2.35. The van der Waals surface area contributed by atoms with Crippen molar-refractivity contribution in [1.29, 1.82) is 0 Å². The Morgan fingerprint density at radius 1 is 1.37 bits per heavy atom. The second kappa shape index (κ2) is 5.57. The Labute approximate surface area is 113 Å². The van der Waals surface area contributed by atoms with Crippen LogP contribution in [0.15, 0.2) is 24.3 Å². The lowest BCUT2D eigenvalue weighted by Crippen LogP contribution is -2.50. The molecular weight excluding hydrogens is 243 g/mol. The van der Waals surface area contributed by atoms with E-state index in [4.69, 9.17) is 4.74 Å². The molecular formula is C15H21FN2O. The summed E-state index contributed by atoms with van der Waals surface area (Å²) in [6, 6.07) is 7.46. The molecule has 0 saturated carbocycles. The molecule has 2 aliphatic rings. The Hall–Kier alpha value is -0.970. The molecule has 4 heteroatoms. The fraction of sp³-hybridized carbons (Fsp3) is 0.600. The minimum Gasteiger partial charge on any atom is -0.373 e. The average Bonchev–Trinajstić information content (AvgIpc) is 2.89. The molecule has 2 aliphatic heterocycles. The van der Waals surface area contributed by atoms with Gasteiger partial charge in [0, 0.05) is 12.6 Å². The van der Waals surface area contributed by atoms with Gasteiger partial charge in [-0.25, -0.2) is 4.39 Å². The highest BCUT2D eigenvalue weighted by atomic mass is 19.1. The standard InChI is InChI=1S/C15H21FN2O/c1-17-15(11-4-6-12(16)7-5-11)14-9-18-8-2-3-13(18)10-19-14/h4-7,13-15,17H,2-3,8-10H2,1H3. The summed E-state index contributed by atoms with van der Waals surface area (Å²) in [5.41, 5.74) is 1.09. The third-order valence-electron chi connectivity index (χ3n) is 4.33. The van der Waals surface area contributed by atoms with Crippen LogP contribution < -0.4 is 5.32 Å². The predicted molar refractivity (Wildman–Crippen MR) is 72.5 cm³/mol. The van der Waals surface area contributed by atoms with Gasteiger partial charge in [0.2, 0.25) is 0 Å². The van der Waals surface area contributed by atoms with Crippen LogP contribution in [-0.2, 0) is 4.74 Å². The smallest absolute Gasteiger partial charge is 0.123 e. The molecule has 0 radical (unpaired) electrons. The number of halogens is 1. The molecule has 0 aromatic heterocycles. The van der Waals surface area contributed by atoms with Crippen molar-refractivity contribution < 1.29 is 9.13 Å². The third-order valence-corrected chi connectivity index (χ3v) is 4.33. The van der Waals surface area contributed by atoms with Gasteiger partial charge in [0.15, 0.2) is 0 Å². The summed E-state index contributed by atoms with van der Waals surface area (Å²) in [5.74, 6) is -0.192. The summed E-state index contributed by atoms with van der Waals surface area (Å²) in [7, 11) is 1.94. The maximum Gasteiger partial charge on any atom is 0.123 e. The number of hydrogen-bond donors (Lipinski definition) is 1. The number of nitrogens with one attached hydrogen (secondary N) is 1. The van der Waals surface area contributed by atoms with Crippen molar-refractivity contribution in [3.63, 3.8) is 0 Å². The molecule has 3 unspecified atom stereocenters. The van der Waals surface area contributed by atoms with Gasteiger partial charge in [-0.3, -0.25) is 4.90 Å². The number of hydrogen-bond acceptors (Lipinski definition) is 3. The first-order chi connectivity index (χ1) is 9.28. The van der Waals surface area contributed by atoms with Gasteiger partial charge in [-0.1, -0.05) is 12.1 Å². The van der Waals surface area contributed by atoms with Crippen LogP contribution in [0.5, 0.6) is 0 Å². The van der Waals surface area contributed by atoms with Crippen LogP contribution in [-0.4, -0.2) is 43.8 Å². The molecule has 0 amide bonds. The van der Waals surface area contributed by atoms with E-state index in [9.17, 15) is 4.39 Å². The first-order valence-electron chi connectivity index (χ1n) is 7.06. The molecule has 0 bridgehead atoms. The highest BCUT2D eigenvalue weighted by molar-refractivity contribution is 5.21. The van der Waals surface area contributed by atoms with E-state index in [1.165, 1.54) is 31.5 Å². The van der Waals surface area contributed by atoms with E-state index in [0.29, 0.717) is 6.04 Å². The zero-order chi connectivity index (χ0) is 13.2. The number of benzene rings is 1. The normalized spacial score (nSPS) is 29.2. The summed E-state index contributed by atoms with van der Waals surface area (Å²) < 4.78 is 19.0. The fourth-order valence-electron chi connectivity index (χ4n) is 3.28. The van der Waals surface area contributed by atoms with Crippen LogP contribution in [0.4, 0.5) is 4.39 Å². The largest absolute Gasteiger partial charge is 0.373 e.